The summed E-state index contributed by atoms with van der Waals surface area (Å²) in [5, 5.41) is 0. The molecule has 1 aliphatic heterocycles. The first-order valence-electron chi connectivity index (χ1n) is 5.78. The Balaban J connectivity index is 1.93. The van der Waals surface area contributed by atoms with Gasteiger partial charge in [-0.1, -0.05) is 28.1 Å². The molecule has 2 rings (SSSR count). The summed E-state index contributed by atoms with van der Waals surface area (Å²) in [6.07, 6.45) is 1.61. The highest BCUT2D eigenvalue weighted by atomic mass is 79.9. The number of likely N-dealkylation sites (N-methyl/N-ethyl adjacent to an activating group) is 1. The van der Waals surface area contributed by atoms with Crippen LogP contribution in [0.15, 0.2) is 28.7 Å². The molecule has 1 heterocycles. The second-order valence-corrected chi connectivity index (χ2v) is 5.24. The number of ether oxygens (including phenoxy) is 1. The molecule has 3 nitrogen and oxygen atoms in total. The summed E-state index contributed by atoms with van der Waals surface area (Å²) in [4.78, 5) is 13.7. The zero-order valence-electron chi connectivity index (χ0n) is 9.86. The molecule has 0 aromatic heterocycles. The van der Waals surface area contributed by atoms with Crippen molar-refractivity contribution in [2.24, 2.45) is 0 Å². The number of nitrogens with zero attached hydrogens (tertiary/aromatic N) is 1. The smallest absolute Gasteiger partial charge is 0.251 e. The highest BCUT2D eigenvalue weighted by Gasteiger charge is 2.26. The molecule has 4 heteroatoms. The largest absolute Gasteiger partial charge is 0.368 e. The highest BCUT2D eigenvalue weighted by molar-refractivity contribution is 9.10. The lowest BCUT2D eigenvalue weighted by Gasteiger charge is -2.20. The van der Waals surface area contributed by atoms with Crippen LogP contribution < -0.4 is 0 Å². The van der Waals surface area contributed by atoms with Crippen molar-refractivity contribution in [2.75, 3.05) is 13.7 Å². The van der Waals surface area contributed by atoms with Crippen LogP contribution in [0.3, 0.4) is 0 Å². The van der Waals surface area contributed by atoms with E-state index >= 15 is 0 Å². The summed E-state index contributed by atoms with van der Waals surface area (Å²) >= 11 is 3.39. The monoisotopic (exact) mass is 297 g/mol. The first kappa shape index (κ1) is 12.6. The molecule has 1 saturated heterocycles. The van der Waals surface area contributed by atoms with Crippen molar-refractivity contribution in [3.63, 3.8) is 0 Å². The van der Waals surface area contributed by atoms with Crippen molar-refractivity contribution < 1.29 is 9.53 Å². The van der Waals surface area contributed by atoms with Gasteiger partial charge in [0.2, 0.25) is 0 Å². The summed E-state index contributed by atoms with van der Waals surface area (Å²) in [5.41, 5.74) is 1.13. The SMILES string of the molecule is CN(Cc1ccc(Br)cc1)C(=O)[C@@H]1CCCO1. The number of amides is 1. The van der Waals surface area contributed by atoms with E-state index in [9.17, 15) is 4.79 Å². The number of hydrogen-bond donors (Lipinski definition) is 0. The standard InChI is InChI=1S/C13H16BrNO2/c1-15(13(16)12-3-2-8-17-12)9-10-4-6-11(14)7-5-10/h4-7,12H,2-3,8-9H2,1H3/t12-/m0/s1. The minimum atomic E-state index is -0.226. The molecule has 92 valence electrons. The van der Waals surface area contributed by atoms with Gasteiger partial charge in [-0.05, 0) is 30.5 Å². The van der Waals surface area contributed by atoms with Crippen molar-refractivity contribution in [1.29, 1.82) is 0 Å². The molecule has 1 aliphatic rings. The Morgan fingerprint density at radius 2 is 2.18 bits per heavy atom. The van der Waals surface area contributed by atoms with E-state index in [0.29, 0.717) is 13.2 Å². The molecule has 1 amide bonds. The van der Waals surface area contributed by atoms with Crippen LogP contribution in [0.5, 0.6) is 0 Å². The zero-order chi connectivity index (χ0) is 12.3. The zero-order valence-corrected chi connectivity index (χ0v) is 11.4. The normalized spacial score (nSPS) is 19.3. The van der Waals surface area contributed by atoms with Gasteiger partial charge in [-0.15, -0.1) is 0 Å². The molecule has 0 aliphatic carbocycles. The van der Waals surface area contributed by atoms with Gasteiger partial charge in [-0.2, -0.15) is 0 Å². The Morgan fingerprint density at radius 1 is 1.47 bits per heavy atom. The van der Waals surface area contributed by atoms with Crippen LogP contribution in [-0.4, -0.2) is 30.6 Å². The fourth-order valence-electron chi connectivity index (χ4n) is 1.96. The molecule has 1 fully saturated rings. The third-order valence-electron chi connectivity index (χ3n) is 2.91. The number of carbonyl (C=O) groups excluding carboxylic acids is 1. The maximum Gasteiger partial charge on any atom is 0.251 e. The fraction of sp³-hybridized carbons (Fsp3) is 0.462. The van der Waals surface area contributed by atoms with Gasteiger partial charge in [-0.25, -0.2) is 0 Å². The van der Waals surface area contributed by atoms with E-state index in [1.807, 2.05) is 31.3 Å². The predicted molar refractivity (Wildman–Crippen MR) is 69.6 cm³/mol. The second-order valence-electron chi connectivity index (χ2n) is 4.32. The number of halogens is 1. The number of carbonyl (C=O) groups is 1. The van der Waals surface area contributed by atoms with E-state index in [0.717, 1.165) is 22.9 Å². The quantitative estimate of drug-likeness (QED) is 0.858. The first-order chi connectivity index (χ1) is 8.16. The Kier molecular flexibility index (Phi) is 4.18. The second kappa shape index (κ2) is 5.65. The fourth-order valence-corrected chi connectivity index (χ4v) is 2.22. The van der Waals surface area contributed by atoms with Crippen molar-refractivity contribution in [2.45, 2.75) is 25.5 Å². The van der Waals surface area contributed by atoms with Gasteiger partial charge in [0.05, 0.1) is 0 Å². The van der Waals surface area contributed by atoms with E-state index in [2.05, 4.69) is 15.9 Å². The maximum absolute atomic E-state index is 12.0. The minimum Gasteiger partial charge on any atom is -0.368 e. The van der Waals surface area contributed by atoms with Gasteiger partial charge in [-0.3, -0.25) is 4.79 Å². The van der Waals surface area contributed by atoms with Crippen LogP contribution in [0.1, 0.15) is 18.4 Å². The Labute approximate surface area is 110 Å². The Bertz CT molecular complexity index is 385. The number of rotatable bonds is 3. The van der Waals surface area contributed by atoms with Gasteiger partial charge >= 0.3 is 0 Å². The molecule has 1 aromatic carbocycles. The van der Waals surface area contributed by atoms with Crippen molar-refractivity contribution in [3.8, 4) is 0 Å². The van der Waals surface area contributed by atoms with Crippen LogP contribution in [-0.2, 0) is 16.1 Å². The van der Waals surface area contributed by atoms with Crippen molar-refractivity contribution in [3.05, 3.63) is 34.3 Å². The lowest BCUT2D eigenvalue weighted by molar-refractivity contribution is -0.140. The highest BCUT2D eigenvalue weighted by Crippen LogP contribution is 2.16. The van der Waals surface area contributed by atoms with Gasteiger partial charge in [0.15, 0.2) is 0 Å². The van der Waals surface area contributed by atoms with Gasteiger partial charge in [0, 0.05) is 24.7 Å². The molecule has 0 bridgehead atoms. The molecular formula is C13H16BrNO2. The summed E-state index contributed by atoms with van der Waals surface area (Å²) in [6, 6.07) is 8.01. The van der Waals surface area contributed by atoms with Gasteiger partial charge in [0.25, 0.3) is 5.91 Å². The average molecular weight is 298 g/mol. The van der Waals surface area contributed by atoms with E-state index in [1.165, 1.54) is 0 Å². The average Bonchev–Trinajstić information content (AvgIpc) is 2.84. The molecular weight excluding hydrogens is 282 g/mol. The minimum absolute atomic E-state index is 0.0884. The Morgan fingerprint density at radius 3 is 2.76 bits per heavy atom. The number of benzene rings is 1. The van der Waals surface area contributed by atoms with Crippen LogP contribution in [0.25, 0.3) is 0 Å². The number of hydrogen-bond acceptors (Lipinski definition) is 2. The third kappa shape index (κ3) is 3.30. The predicted octanol–water partition coefficient (Wildman–Crippen LogP) is 2.59. The summed E-state index contributed by atoms with van der Waals surface area (Å²) in [6.45, 7) is 1.34. The van der Waals surface area contributed by atoms with E-state index < -0.39 is 0 Å². The summed E-state index contributed by atoms with van der Waals surface area (Å²) in [5.74, 6) is 0.0884. The summed E-state index contributed by atoms with van der Waals surface area (Å²) in [7, 11) is 1.83. The molecule has 0 unspecified atom stereocenters. The lowest BCUT2D eigenvalue weighted by atomic mass is 10.2. The molecule has 0 spiro atoms. The Hall–Kier alpha value is -0.870. The lowest BCUT2D eigenvalue weighted by Crippen LogP contribution is -2.35. The van der Waals surface area contributed by atoms with Crippen molar-refractivity contribution in [1.82, 2.24) is 4.90 Å². The van der Waals surface area contributed by atoms with E-state index in [4.69, 9.17) is 4.74 Å². The third-order valence-corrected chi connectivity index (χ3v) is 3.44. The molecule has 0 radical (unpaired) electrons. The van der Waals surface area contributed by atoms with E-state index in [-0.39, 0.29) is 12.0 Å². The molecule has 0 N–H and O–H groups in total. The molecule has 1 atom stereocenters. The topological polar surface area (TPSA) is 29.5 Å². The van der Waals surface area contributed by atoms with Gasteiger partial charge < -0.3 is 9.64 Å². The maximum atomic E-state index is 12.0. The van der Waals surface area contributed by atoms with Crippen LogP contribution in [0, 0.1) is 0 Å². The molecule has 0 saturated carbocycles. The van der Waals surface area contributed by atoms with Crippen LogP contribution in [0.2, 0.25) is 0 Å². The van der Waals surface area contributed by atoms with Crippen LogP contribution >= 0.6 is 15.9 Å². The first-order valence-corrected chi connectivity index (χ1v) is 6.57. The van der Waals surface area contributed by atoms with Crippen LogP contribution in [0.4, 0.5) is 0 Å². The van der Waals surface area contributed by atoms with Gasteiger partial charge in [0.1, 0.15) is 6.10 Å². The molecule has 17 heavy (non-hydrogen) atoms. The summed E-state index contributed by atoms with van der Waals surface area (Å²) < 4.78 is 6.44. The van der Waals surface area contributed by atoms with Crippen molar-refractivity contribution >= 4 is 21.8 Å². The molecule has 1 aromatic rings. The van der Waals surface area contributed by atoms with E-state index in [1.54, 1.807) is 4.90 Å².